The van der Waals surface area contributed by atoms with Crippen LogP contribution in [0.25, 0.3) is 0 Å². The minimum atomic E-state index is -0.227. The van der Waals surface area contributed by atoms with E-state index < -0.39 is 0 Å². The molecule has 1 aromatic carbocycles. The molecule has 0 aliphatic rings. The minimum Gasteiger partial charge on any atom is -0.352 e. The lowest BCUT2D eigenvalue weighted by Crippen LogP contribution is -2.27. The first-order chi connectivity index (χ1) is 12.2. The molecular formula is C19H17N3O2S. The largest absolute Gasteiger partial charge is 0.352 e. The zero-order valence-corrected chi connectivity index (χ0v) is 14.3. The summed E-state index contributed by atoms with van der Waals surface area (Å²) in [7, 11) is 0. The van der Waals surface area contributed by atoms with Gasteiger partial charge in [-0.3, -0.25) is 14.6 Å². The monoisotopic (exact) mass is 351 g/mol. The Morgan fingerprint density at radius 2 is 1.84 bits per heavy atom. The topological polar surface area (TPSA) is 71.1 Å². The lowest BCUT2D eigenvalue weighted by molar-refractivity contribution is 0.0955. The van der Waals surface area contributed by atoms with E-state index >= 15 is 0 Å². The van der Waals surface area contributed by atoms with Crippen LogP contribution in [0, 0.1) is 0 Å². The van der Waals surface area contributed by atoms with Crippen LogP contribution < -0.4 is 10.6 Å². The SMILES string of the molecule is O=C(Nc1ccccc1C(=O)NCCc1ccccn1)c1ccsc1. The van der Waals surface area contributed by atoms with Crippen molar-refractivity contribution in [2.75, 3.05) is 11.9 Å². The number of amides is 2. The van der Waals surface area contributed by atoms with Crippen molar-refractivity contribution in [2.24, 2.45) is 0 Å². The van der Waals surface area contributed by atoms with Gasteiger partial charge in [0.05, 0.1) is 16.8 Å². The molecule has 0 bridgehead atoms. The highest BCUT2D eigenvalue weighted by Crippen LogP contribution is 2.17. The van der Waals surface area contributed by atoms with Crippen LogP contribution in [0.1, 0.15) is 26.4 Å². The number of thiophene rings is 1. The number of aromatic nitrogens is 1. The van der Waals surface area contributed by atoms with Gasteiger partial charge in [0.2, 0.25) is 0 Å². The Morgan fingerprint density at radius 3 is 2.60 bits per heavy atom. The molecule has 0 spiro atoms. The second-order valence-corrected chi connectivity index (χ2v) is 6.12. The Hall–Kier alpha value is -2.99. The molecule has 0 radical (unpaired) electrons. The molecule has 5 nitrogen and oxygen atoms in total. The molecular weight excluding hydrogens is 334 g/mol. The predicted octanol–water partition coefficient (Wildman–Crippen LogP) is 3.37. The molecule has 0 saturated heterocycles. The molecule has 2 aromatic heterocycles. The van der Waals surface area contributed by atoms with Gasteiger partial charge in [0.1, 0.15) is 0 Å². The Balaban J connectivity index is 1.63. The normalized spacial score (nSPS) is 10.2. The molecule has 126 valence electrons. The molecule has 2 N–H and O–H groups in total. The second kappa shape index (κ2) is 8.21. The maximum atomic E-state index is 12.4. The molecule has 0 unspecified atom stereocenters. The van der Waals surface area contributed by atoms with Crippen molar-refractivity contribution in [3.63, 3.8) is 0 Å². The molecule has 0 aliphatic heterocycles. The minimum absolute atomic E-state index is 0.225. The zero-order chi connectivity index (χ0) is 17.5. The van der Waals surface area contributed by atoms with E-state index in [2.05, 4.69) is 15.6 Å². The van der Waals surface area contributed by atoms with E-state index in [0.717, 1.165) is 5.69 Å². The summed E-state index contributed by atoms with van der Waals surface area (Å²) in [4.78, 5) is 28.9. The molecule has 0 aliphatic carbocycles. The van der Waals surface area contributed by atoms with Crippen molar-refractivity contribution in [1.82, 2.24) is 10.3 Å². The van der Waals surface area contributed by atoms with Gasteiger partial charge >= 0.3 is 0 Å². The number of pyridine rings is 1. The van der Waals surface area contributed by atoms with Gasteiger partial charge in [0, 0.05) is 30.2 Å². The van der Waals surface area contributed by atoms with E-state index in [4.69, 9.17) is 0 Å². The molecule has 25 heavy (non-hydrogen) atoms. The lowest BCUT2D eigenvalue weighted by atomic mass is 10.1. The van der Waals surface area contributed by atoms with E-state index in [1.54, 1.807) is 41.9 Å². The number of hydrogen-bond donors (Lipinski definition) is 2. The average Bonchev–Trinajstić information content (AvgIpc) is 3.18. The number of nitrogens with zero attached hydrogens (tertiary/aromatic N) is 1. The standard InChI is InChI=1S/C19H17N3O2S/c23-18(14-9-12-25-13-14)22-17-7-2-1-6-16(17)19(24)21-11-8-15-5-3-4-10-20-15/h1-7,9-10,12-13H,8,11H2,(H,21,24)(H,22,23). The lowest BCUT2D eigenvalue weighted by Gasteiger charge is -2.11. The highest BCUT2D eigenvalue weighted by molar-refractivity contribution is 7.08. The van der Waals surface area contributed by atoms with E-state index in [-0.39, 0.29) is 11.8 Å². The summed E-state index contributed by atoms with van der Waals surface area (Å²) < 4.78 is 0. The Labute approximate surface area is 149 Å². The van der Waals surface area contributed by atoms with Gasteiger partial charge in [-0.05, 0) is 35.7 Å². The fourth-order valence-electron chi connectivity index (χ4n) is 2.32. The average molecular weight is 351 g/mol. The number of nitrogens with one attached hydrogen (secondary N) is 2. The van der Waals surface area contributed by atoms with Crippen molar-refractivity contribution >= 4 is 28.8 Å². The van der Waals surface area contributed by atoms with Gasteiger partial charge in [-0.15, -0.1) is 0 Å². The Kier molecular flexibility index (Phi) is 5.53. The van der Waals surface area contributed by atoms with Crippen LogP contribution in [-0.2, 0) is 6.42 Å². The summed E-state index contributed by atoms with van der Waals surface area (Å²) in [6.45, 7) is 0.475. The fourth-order valence-corrected chi connectivity index (χ4v) is 2.96. The fraction of sp³-hybridized carbons (Fsp3) is 0.105. The van der Waals surface area contributed by atoms with Crippen molar-refractivity contribution < 1.29 is 9.59 Å². The summed E-state index contributed by atoms with van der Waals surface area (Å²) in [6, 6.07) is 14.4. The van der Waals surface area contributed by atoms with Gasteiger partial charge < -0.3 is 10.6 Å². The molecule has 3 rings (SSSR count). The molecule has 6 heteroatoms. The van der Waals surface area contributed by atoms with E-state index in [9.17, 15) is 9.59 Å². The molecule has 2 amide bonds. The van der Waals surface area contributed by atoms with Gasteiger partial charge in [0.25, 0.3) is 11.8 Å². The van der Waals surface area contributed by atoms with Crippen LogP contribution in [0.4, 0.5) is 5.69 Å². The molecule has 0 saturated carbocycles. The first-order valence-electron chi connectivity index (χ1n) is 7.85. The molecule has 0 atom stereocenters. The summed E-state index contributed by atoms with van der Waals surface area (Å²) >= 11 is 1.45. The number of benzene rings is 1. The highest BCUT2D eigenvalue weighted by atomic mass is 32.1. The van der Waals surface area contributed by atoms with Crippen LogP contribution in [0.2, 0.25) is 0 Å². The number of para-hydroxylation sites is 1. The highest BCUT2D eigenvalue weighted by Gasteiger charge is 2.14. The van der Waals surface area contributed by atoms with Crippen LogP contribution in [-0.4, -0.2) is 23.3 Å². The number of carbonyl (C=O) groups is 2. The van der Waals surface area contributed by atoms with E-state index in [1.165, 1.54) is 11.3 Å². The third-order valence-corrected chi connectivity index (χ3v) is 4.28. The molecule has 3 aromatic rings. The maximum absolute atomic E-state index is 12.4. The Bertz CT molecular complexity index is 848. The molecule has 2 heterocycles. The van der Waals surface area contributed by atoms with Crippen LogP contribution in [0.5, 0.6) is 0 Å². The third kappa shape index (κ3) is 4.51. The quantitative estimate of drug-likeness (QED) is 0.715. The maximum Gasteiger partial charge on any atom is 0.256 e. The third-order valence-electron chi connectivity index (χ3n) is 3.60. The van der Waals surface area contributed by atoms with Crippen molar-refractivity contribution in [3.8, 4) is 0 Å². The number of anilines is 1. The van der Waals surface area contributed by atoms with Crippen molar-refractivity contribution in [3.05, 3.63) is 82.3 Å². The number of rotatable bonds is 6. The van der Waals surface area contributed by atoms with Gasteiger partial charge in [-0.2, -0.15) is 11.3 Å². The van der Waals surface area contributed by atoms with Crippen LogP contribution >= 0.6 is 11.3 Å². The summed E-state index contributed by atoms with van der Waals surface area (Å²) in [6.07, 6.45) is 2.38. The number of hydrogen-bond acceptors (Lipinski definition) is 4. The second-order valence-electron chi connectivity index (χ2n) is 5.34. The first-order valence-corrected chi connectivity index (χ1v) is 8.79. The predicted molar refractivity (Wildman–Crippen MR) is 99.0 cm³/mol. The van der Waals surface area contributed by atoms with E-state index in [0.29, 0.717) is 29.8 Å². The van der Waals surface area contributed by atoms with Crippen molar-refractivity contribution in [2.45, 2.75) is 6.42 Å². The Morgan fingerprint density at radius 1 is 1.00 bits per heavy atom. The summed E-state index contributed by atoms with van der Waals surface area (Å²) in [5, 5.41) is 9.27. The number of carbonyl (C=O) groups excluding carboxylic acids is 2. The smallest absolute Gasteiger partial charge is 0.256 e. The van der Waals surface area contributed by atoms with Crippen molar-refractivity contribution in [1.29, 1.82) is 0 Å². The van der Waals surface area contributed by atoms with Gasteiger partial charge in [-0.1, -0.05) is 18.2 Å². The van der Waals surface area contributed by atoms with E-state index in [1.807, 2.05) is 23.6 Å². The summed E-state index contributed by atoms with van der Waals surface area (Å²) in [5.41, 5.74) is 2.43. The summed E-state index contributed by atoms with van der Waals surface area (Å²) in [5.74, 6) is -0.452. The zero-order valence-electron chi connectivity index (χ0n) is 13.4. The van der Waals surface area contributed by atoms with Gasteiger partial charge in [0.15, 0.2) is 0 Å². The first kappa shape index (κ1) is 16.9. The van der Waals surface area contributed by atoms with Crippen LogP contribution in [0.15, 0.2) is 65.5 Å². The van der Waals surface area contributed by atoms with Gasteiger partial charge in [-0.25, -0.2) is 0 Å². The van der Waals surface area contributed by atoms with Crippen LogP contribution in [0.3, 0.4) is 0 Å². The molecule has 0 fully saturated rings.